The average molecular weight is 177 g/mol. The number of aryl methyl sites for hydroxylation is 1. The fourth-order valence-corrected chi connectivity index (χ4v) is 1.14. The van der Waals surface area contributed by atoms with Crippen LogP contribution in [0.4, 0.5) is 0 Å². The molecular weight excluding hydrogens is 162 g/mol. The van der Waals surface area contributed by atoms with Gasteiger partial charge in [0.2, 0.25) is 0 Å². The Morgan fingerprint density at radius 1 is 1.54 bits per heavy atom. The molecule has 0 saturated heterocycles. The Morgan fingerprint density at radius 2 is 2.23 bits per heavy atom. The van der Waals surface area contributed by atoms with Crippen molar-refractivity contribution in [3.8, 4) is 0 Å². The van der Waals surface area contributed by atoms with E-state index in [4.69, 9.17) is 5.84 Å². The summed E-state index contributed by atoms with van der Waals surface area (Å²) in [5.41, 5.74) is 3.96. The number of nitrogens with two attached hydrogens (primary N) is 1. The number of rotatable bonds is 5. The highest BCUT2D eigenvalue weighted by atomic mass is 15.2. The Hall–Kier alpha value is -1.19. The molecule has 0 aliphatic rings. The van der Waals surface area contributed by atoms with Crippen molar-refractivity contribution in [3.63, 3.8) is 0 Å². The molecule has 1 unspecified atom stereocenters. The number of nitrogens with zero attached hydrogens (tertiary/aromatic N) is 1. The molecule has 0 aliphatic heterocycles. The molecule has 3 heteroatoms. The molecule has 0 fully saturated rings. The molecule has 3 nitrogen and oxygen atoms in total. The Morgan fingerprint density at radius 3 is 2.77 bits per heavy atom. The lowest BCUT2D eigenvalue weighted by molar-refractivity contribution is 0.577. The van der Waals surface area contributed by atoms with Crippen molar-refractivity contribution in [2.24, 2.45) is 5.84 Å². The lowest BCUT2D eigenvalue weighted by atomic mass is 10.1. The molecule has 0 bridgehead atoms. The largest absolute Gasteiger partial charge is 0.271 e. The van der Waals surface area contributed by atoms with Crippen molar-refractivity contribution >= 4 is 0 Å². The van der Waals surface area contributed by atoms with Gasteiger partial charge in [-0.05, 0) is 30.5 Å². The molecular formula is C10H15N3. The summed E-state index contributed by atoms with van der Waals surface area (Å²) in [5.74, 6) is 5.31. The number of hydrazine groups is 1. The van der Waals surface area contributed by atoms with E-state index in [1.807, 2.05) is 18.2 Å². The van der Waals surface area contributed by atoms with Gasteiger partial charge in [-0.15, -0.1) is 6.58 Å². The van der Waals surface area contributed by atoms with Gasteiger partial charge in [0.05, 0.1) is 0 Å². The molecule has 0 aliphatic carbocycles. The monoisotopic (exact) mass is 177 g/mol. The maximum atomic E-state index is 5.31. The van der Waals surface area contributed by atoms with Crippen LogP contribution in [0.5, 0.6) is 0 Å². The standard InChI is InChI=1S/C10H15N3/c1-2-10(13-11)4-3-9-5-7-12-8-6-9/h2,5-8,10,13H,1,3-4,11H2. The first-order valence-corrected chi connectivity index (χ1v) is 4.34. The molecule has 0 amide bonds. The highest BCUT2D eigenvalue weighted by Gasteiger charge is 2.00. The second-order valence-corrected chi connectivity index (χ2v) is 2.90. The highest BCUT2D eigenvalue weighted by Crippen LogP contribution is 2.03. The molecule has 0 aromatic carbocycles. The van der Waals surface area contributed by atoms with E-state index in [-0.39, 0.29) is 6.04 Å². The molecule has 1 aromatic rings. The SMILES string of the molecule is C=CC(CCc1ccncc1)NN. The Labute approximate surface area is 78.6 Å². The summed E-state index contributed by atoms with van der Waals surface area (Å²) in [5, 5.41) is 0. The fraction of sp³-hybridized carbons (Fsp3) is 0.300. The summed E-state index contributed by atoms with van der Waals surface area (Å²) in [6.07, 6.45) is 7.37. The van der Waals surface area contributed by atoms with Crippen LogP contribution in [0.1, 0.15) is 12.0 Å². The van der Waals surface area contributed by atoms with Gasteiger partial charge in [-0.3, -0.25) is 16.3 Å². The van der Waals surface area contributed by atoms with Gasteiger partial charge in [-0.2, -0.15) is 0 Å². The molecule has 3 N–H and O–H groups in total. The van der Waals surface area contributed by atoms with Crippen LogP contribution in [-0.4, -0.2) is 11.0 Å². The average Bonchev–Trinajstić information content (AvgIpc) is 2.21. The quantitative estimate of drug-likeness (QED) is 0.401. The van der Waals surface area contributed by atoms with Crippen LogP contribution in [0.15, 0.2) is 37.2 Å². The summed E-state index contributed by atoms with van der Waals surface area (Å²) < 4.78 is 0. The van der Waals surface area contributed by atoms with Crippen LogP contribution in [-0.2, 0) is 6.42 Å². The second-order valence-electron chi connectivity index (χ2n) is 2.90. The fourth-order valence-electron chi connectivity index (χ4n) is 1.14. The van der Waals surface area contributed by atoms with Crippen LogP contribution in [0.25, 0.3) is 0 Å². The van der Waals surface area contributed by atoms with Crippen molar-refractivity contribution in [2.75, 3.05) is 0 Å². The van der Waals surface area contributed by atoms with Gasteiger partial charge in [0.15, 0.2) is 0 Å². The lowest BCUT2D eigenvalue weighted by Crippen LogP contribution is -2.33. The number of nitrogens with one attached hydrogen (secondary N) is 1. The van der Waals surface area contributed by atoms with Gasteiger partial charge in [0.25, 0.3) is 0 Å². The zero-order valence-corrected chi connectivity index (χ0v) is 7.61. The third-order valence-electron chi connectivity index (χ3n) is 1.99. The third kappa shape index (κ3) is 3.36. The van der Waals surface area contributed by atoms with E-state index in [1.165, 1.54) is 5.56 Å². The minimum atomic E-state index is 0.188. The normalized spacial score (nSPS) is 12.4. The first-order valence-electron chi connectivity index (χ1n) is 4.34. The van der Waals surface area contributed by atoms with Gasteiger partial charge in [-0.1, -0.05) is 6.08 Å². The van der Waals surface area contributed by atoms with Gasteiger partial charge in [0.1, 0.15) is 0 Å². The van der Waals surface area contributed by atoms with Gasteiger partial charge in [-0.25, -0.2) is 0 Å². The van der Waals surface area contributed by atoms with Crippen LogP contribution in [0.3, 0.4) is 0 Å². The Kier molecular flexibility index (Phi) is 4.15. The Bertz CT molecular complexity index is 246. The second kappa shape index (κ2) is 5.45. The smallest absolute Gasteiger partial charge is 0.0391 e. The van der Waals surface area contributed by atoms with Gasteiger partial charge >= 0.3 is 0 Å². The van der Waals surface area contributed by atoms with Crippen molar-refractivity contribution in [2.45, 2.75) is 18.9 Å². The van der Waals surface area contributed by atoms with Crippen molar-refractivity contribution in [1.82, 2.24) is 10.4 Å². The van der Waals surface area contributed by atoms with E-state index in [9.17, 15) is 0 Å². The lowest BCUT2D eigenvalue weighted by Gasteiger charge is -2.09. The topological polar surface area (TPSA) is 50.9 Å². The maximum Gasteiger partial charge on any atom is 0.0391 e. The summed E-state index contributed by atoms with van der Waals surface area (Å²) in [7, 11) is 0. The van der Waals surface area contributed by atoms with E-state index >= 15 is 0 Å². The molecule has 1 aromatic heterocycles. The number of hydrogen-bond acceptors (Lipinski definition) is 3. The van der Waals surface area contributed by atoms with Crippen LogP contribution in [0, 0.1) is 0 Å². The minimum Gasteiger partial charge on any atom is -0.271 e. The predicted octanol–water partition coefficient (Wildman–Crippen LogP) is 1.03. The van der Waals surface area contributed by atoms with Gasteiger partial charge in [0, 0.05) is 18.4 Å². The molecule has 1 rings (SSSR count). The van der Waals surface area contributed by atoms with Gasteiger partial charge < -0.3 is 0 Å². The van der Waals surface area contributed by atoms with Crippen molar-refractivity contribution < 1.29 is 0 Å². The zero-order valence-electron chi connectivity index (χ0n) is 7.61. The molecule has 70 valence electrons. The van der Waals surface area contributed by atoms with E-state index in [1.54, 1.807) is 12.4 Å². The molecule has 1 heterocycles. The maximum absolute atomic E-state index is 5.31. The van der Waals surface area contributed by atoms with E-state index < -0.39 is 0 Å². The first kappa shape index (κ1) is 9.89. The minimum absolute atomic E-state index is 0.188. The highest BCUT2D eigenvalue weighted by molar-refractivity contribution is 5.10. The Balaban J connectivity index is 2.38. The van der Waals surface area contributed by atoms with Crippen LogP contribution >= 0.6 is 0 Å². The molecule has 0 radical (unpaired) electrons. The predicted molar refractivity (Wildman–Crippen MR) is 53.9 cm³/mol. The summed E-state index contributed by atoms with van der Waals surface area (Å²) in [6.45, 7) is 3.69. The number of aromatic nitrogens is 1. The van der Waals surface area contributed by atoms with Crippen LogP contribution < -0.4 is 11.3 Å². The molecule has 0 spiro atoms. The van der Waals surface area contributed by atoms with Crippen LogP contribution in [0.2, 0.25) is 0 Å². The van der Waals surface area contributed by atoms with E-state index in [2.05, 4.69) is 17.0 Å². The number of hydrogen-bond donors (Lipinski definition) is 2. The zero-order chi connectivity index (χ0) is 9.52. The van der Waals surface area contributed by atoms with E-state index in [0.717, 1.165) is 12.8 Å². The van der Waals surface area contributed by atoms with Crippen molar-refractivity contribution in [1.29, 1.82) is 0 Å². The van der Waals surface area contributed by atoms with Crippen molar-refractivity contribution in [3.05, 3.63) is 42.7 Å². The summed E-state index contributed by atoms with van der Waals surface area (Å²) >= 11 is 0. The first-order chi connectivity index (χ1) is 6.36. The molecule has 1 atom stereocenters. The molecule has 0 saturated carbocycles. The van der Waals surface area contributed by atoms with E-state index in [0.29, 0.717) is 0 Å². The number of pyridine rings is 1. The summed E-state index contributed by atoms with van der Waals surface area (Å²) in [4.78, 5) is 3.95. The third-order valence-corrected chi connectivity index (χ3v) is 1.99. The molecule has 13 heavy (non-hydrogen) atoms. The summed E-state index contributed by atoms with van der Waals surface area (Å²) in [6, 6.07) is 4.21.